The van der Waals surface area contributed by atoms with Gasteiger partial charge in [-0.05, 0) is 49.4 Å². The Balaban J connectivity index is 2.24. The molecule has 1 nitrogen and oxygen atoms in total. The fourth-order valence-corrected chi connectivity index (χ4v) is 4.12. The van der Waals surface area contributed by atoms with Gasteiger partial charge in [-0.25, -0.2) is 0 Å². The van der Waals surface area contributed by atoms with Crippen LogP contribution in [0.15, 0.2) is 12.2 Å². The lowest BCUT2D eigenvalue weighted by atomic mass is 9.61. The maximum Gasteiger partial charge on any atom is 0.123 e. The molecule has 0 unspecified atom stereocenters. The number of hydrogen-bond donors (Lipinski definition) is 0. The van der Waals surface area contributed by atoms with Gasteiger partial charge in [-0.2, -0.15) is 0 Å². The van der Waals surface area contributed by atoms with Gasteiger partial charge < -0.3 is 4.79 Å². The molecule has 1 heteroatoms. The molecule has 2 rings (SSSR count). The van der Waals surface area contributed by atoms with Crippen molar-refractivity contribution in [1.29, 1.82) is 0 Å². The van der Waals surface area contributed by atoms with Gasteiger partial charge in [0.15, 0.2) is 0 Å². The van der Waals surface area contributed by atoms with Crippen LogP contribution in [0, 0.1) is 23.2 Å². The molecule has 0 spiro atoms. The number of rotatable bonds is 2. The third-order valence-corrected chi connectivity index (χ3v) is 4.96. The maximum atomic E-state index is 11.0. The Hall–Kier alpha value is -0.590. The minimum atomic E-state index is 0.228. The van der Waals surface area contributed by atoms with Gasteiger partial charge in [0.2, 0.25) is 0 Å². The average Bonchev–Trinajstić information content (AvgIpc) is 2.56. The van der Waals surface area contributed by atoms with E-state index in [9.17, 15) is 4.79 Å². The Morgan fingerprint density at radius 1 is 1.53 bits per heavy atom. The SMILES string of the molecule is C=C1CCC[C@]2(C)[C@@H]([C@H](C)C=O)CC[C@@H]12. The second-order valence-corrected chi connectivity index (χ2v) is 5.75. The molecule has 0 N–H and O–H groups in total. The van der Waals surface area contributed by atoms with Crippen molar-refractivity contribution in [2.75, 3.05) is 0 Å². The van der Waals surface area contributed by atoms with Gasteiger partial charge in [-0.1, -0.05) is 26.0 Å². The van der Waals surface area contributed by atoms with Crippen molar-refractivity contribution < 1.29 is 4.79 Å². The average molecular weight is 206 g/mol. The van der Waals surface area contributed by atoms with Crippen LogP contribution in [-0.4, -0.2) is 6.29 Å². The molecule has 0 bridgehead atoms. The zero-order valence-corrected chi connectivity index (χ0v) is 9.96. The fourth-order valence-electron chi connectivity index (χ4n) is 4.12. The van der Waals surface area contributed by atoms with Gasteiger partial charge in [-0.15, -0.1) is 0 Å². The zero-order chi connectivity index (χ0) is 11.1. The first-order chi connectivity index (χ1) is 7.09. The van der Waals surface area contributed by atoms with Crippen LogP contribution in [0.3, 0.4) is 0 Å². The van der Waals surface area contributed by atoms with Crippen LogP contribution in [0.5, 0.6) is 0 Å². The Morgan fingerprint density at radius 2 is 2.27 bits per heavy atom. The van der Waals surface area contributed by atoms with Gasteiger partial charge in [0.1, 0.15) is 6.29 Å². The maximum absolute atomic E-state index is 11.0. The Morgan fingerprint density at radius 3 is 2.93 bits per heavy atom. The van der Waals surface area contributed by atoms with Crippen LogP contribution in [0.25, 0.3) is 0 Å². The number of allylic oxidation sites excluding steroid dienone is 1. The molecule has 0 aliphatic heterocycles. The van der Waals surface area contributed by atoms with Crippen LogP contribution in [0.4, 0.5) is 0 Å². The van der Waals surface area contributed by atoms with E-state index in [1.54, 1.807) is 0 Å². The second kappa shape index (κ2) is 3.77. The molecule has 0 heterocycles. The summed E-state index contributed by atoms with van der Waals surface area (Å²) in [4.78, 5) is 11.0. The first kappa shape index (κ1) is 10.9. The van der Waals surface area contributed by atoms with E-state index in [0.29, 0.717) is 17.3 Å². The molecule has 0 radical (unpaired) electrons. The van der Waals surface area contributed by atoms with Crippen molar-refractivity contribution in [3.8, 4) is 0 Å². The van der Waals surface area contributed by atoms with Crippen LogP contribution in [0.2, 0.25) is 0 Å². The van der Waals surface area contributed by atoms with E-state index in [1.807, 2.05) is 0 Å². The number of aldehydes is 1. The minimum Gasteiger partial charge on any atom is -0.303 e. The monoisotopic (exact) mass is 206 g/mol. The highest BCUT2D eigenvalue weighted by Gasteiger charge is 2.50. The predicted molar refractivity (Wildman–Crippen MR) is 62.5 cm³/mol. The highest BCUT2D eigenvalue weighted by molar-refractivity contribution is 5.54. The lowest BCUT2D eigenvalue weighted by molar-refractivity contribution is -0.113. The molecule has 4 atom stereocenters. The summed E-state index contributed by atoms with van der Waals surface area (Å²) >= 11 is 0. The fraction of sp³-hybridized carbons (Fsp3) is 0.786. The first-order valence-electron chi connectivity index (χ1n) is 6.22. The molecular weight excluding hydrogens is 184 g/mol. The van der Waals surface area contributed by atoms with E-state index in [1.165, 1.54) is 37.7 Å². The molecule has 0 amide bonds. The molecule has 2 aliphatic carbocycles. The highest BCUT2D eigenvalue weighted by Crippen LogP contribution is 2.58. The molecule has 0 aromatic rings. The summed E-state index contributed by atoms with van der Waals surface area (Å²) < 4.78 is 0. The van der Waals surface area contributed by atoms with Crippen molar-refractivity contribution in [1.82, 2.24) is 0 Å². The van der Waals surface area contributed by atoms with Crippen LogP contribution >= 0.6 is 0 Å². The summed E-state index contributed by atoms with van der Waals surface area (Å²) in [5, 5.41) is 0. The van der Waals surface area contributed by atoms with Crippen molar-refractivity contribution in [2.24, 2.45) is 23.2 Å². The molecule has 2 saturated carbocycles. The third kappa shape index (κ3) is 1.56. The van der Waals surface area contributed by atoms with E-state index in [0.717, 1.165) is 6.29 Å². The minimum absolute atomic E-state index is 0.228. The molecular formula is C14H22O. The second-order valence-electron chi connectivity index (χ2n) is 5.75. The molecule has 0 aromatic heterocycles. The number of fused-ring (bicyclic) bond motifs is 1. The van der Waals surface area contributed by atoms with E-state index in [-0.39, 0.29) is 5.92 Å². The van der Waals surface area contributed by atoms with E-state index < -0.39 is 0 Å². The quantitative estimate of drug-likeness (QED) is 0.498. The standard InChI is InChI=1S/C14H22O/c1-10-5-4-8-14(3)12(10)6-7-13(14)11(2)9-15/h9,11-13H,1,4-8H2,2-3H3/t11-,12+,13-,14+/m1/s1. The molecule has 84 valence electrons. The van der Waals surface area contributed by atoms with Crippen molar-refractivity contribution in [3.05, 3.63) is 12.2 Å². The Bertz CT molecular complexity index is 281. The largest absolute Gasteiger partial charge is 0.303 e. The topological polar surface area (TPSA) is 17.1 Å². The Kier molecular flexibility index (Phi) is 2.74. The van der Waals surface area contributed by atoms with Crippen molar-refractivity contribution in [2.45, 2.75) is 46.0 Å². The first-order valence-corrected chi connectivity index (χ1v) is 6.22. The predicted octanol–water partition coefficient (Wildman–Crippen LogP) is 3.59. The summed E-state index contributed by atoms with van der Waals surface area (Å²) in [6.45, 7) is 8.71. The number of carbonyl (C=O) groups is 1. The lowest BCUT2D eigenvalue weighted by Gasteiger charge is -2.43. The van der Waals surface area contributed by atoms with Gasteiger partial charge in [-0.3, -0.25) is 0 Å². The van der Waals surface area contributed by atoms with E-state index in [4.69, 9.17) is 0 Å². The van der Waals surface area contributed by atoms with Crippen LogP contribution in [-0.2, 0) is 4.79 Å². The number of carbonyl (C=O) groups excluding carboxylic acids is 1. The summed E-state index contributed by atoms with van der Waals surface area (Å²) in [6.07, 6.45) is 7.41. The molecule has 0 saturated heterocycles. The van der Waals surface area contributed by atoms with Crippen molar-refractivity contribution >= 4 is 6.29 Å². The lowest BCUT2D eigenvalue weighted by Crippen LogP contribution is -2.36. The highest BCUT2D eigenvalue weighted by atomic mass is 16.1. The van der Waals surface area contributed by atoms with E-state index >= 15 is 0 Å². The van der Waals surface area contributed by atoms with Gasteiger partial charge >= 0.3 is 0 Å². The van der Waals surface area contributed by atoms with Crippen LogP contribution in [0.1, 0.15) is 46.0 Å². The van der Waals surface area contributed by atoms with Crippen LogP contribution < -0.4 is 0 Å². The van der Waals surface area contributed by atoms with Crippen molar-refractivity contribution in [3.63, 3.8) is 0 Å². The summed E-state index contributed by atoms with van der Waals surface area (Å²) in [7, 11) is 0. The molecule has 2 aliphatic rings. The zero-order valence-electron chi connectivity index (χ0n) is 9.96. The summed E-state index contributed by atoms with van der Waals surface area (Å²) in [5.74, 6) is 1.52. The number of hydrogen-bond acceptors (Lipinski definition) is 1. The summed E-state index contributed by atoms with van der Waals surface area (Å²) in [5.41, 5.74) is 1.82. The van der Waals surface area contributed by atoms with Gasteiger partial charge in [0.05, 0.1) is 0 Å². The van der Waals surface area contributed by atoms with Gasteiger partial charge in [0, 0.05) is 5.92 Å². The molecule has 15 heavy (non-hydrogen) atoms. The third-order valence-electron chi connectivity index (χ3n) is 4.96. The normalized spacial score (nSPS) is 42.4. The van der Waals surface area contributed by atoms with Gasteiger partial charge in [0.25, 0.3) is 0 Å². The summed E-state index contributed by atoms with van der Waals surface area (Å²) in [6, 6.07) is 0. The Labute approximate surface area is 92.9 Å². The smallest absolute Gasteiger partial charge is 0.123 e. The van der Waals surface area contributed by atoms with E-state index in [2.05, 4.69) is 20.4 Å². The molecule has 0 aromatic carbocycles. The molecule has 2 fully saturated rings.